The van der Waals surface area contributed by atoms with Crippen LogP contribution in [-0.4, -0.2) is 0 Å². The van der Waals surface area contributed by atoms with E-state index in [9.17, 15) is 0 Å². The summed E-state index contributed by atoms with van der Waals surface area (Å²) in [6.45, 7) is 8.70. The Balaban J connectivity index is 3.48. The van der Waals surface area contributed by atoms with Crippen LogP contribution in [-0.2, 0) is 0 Å². The fourth-order valence-electron chi connectivity index (χ4n) is 6.83. The smallest absolute Gasteiger partial charge is 0.0414 e. The zero-order valence-corrected chi connectivity index (χ0v) is 29.4. The molecule has 0 aromatic carbocycles. The molecule has 0 spiro atoms. The van der Waals surface area contributed by atoms with E-state index in [1.54, 1.807) is 0 Å². The van der Waals surface area contributed by atoms with Crippen LogP contribution in [0.5, 0.6) is 0 Å². The molecule has 0 saturated heterocycles. The maximum absolute atomic E-state index is 4.07. The molecule has 0 aliphatic heterocycles. The topological polar surface area (TPSA) is 0 Å². The molecule has 0 aliphatic rings. The van der Waals surface area contributed by atoms with Gasteiger partial charge in [0.2, 0.25) is 0 Å². The summed E-state index contributed by atoms with van der Waals surface area (Å²) >= 11 is 0. The van der Waals surface area contributed by atoms with E-state index in [-0.39, 0.29) is 0 Å². The first-order valence-corrected chi connectivity index (χ1v) is 20.1. The van der Waals surface area contributed by atoms with Gasteiger partial charge in [-0.1, -0.05) is 258 Å². The molecule has 0 fully saturated rings. The van der Waals surface area contributed by atoms with E-state index in [0.29, 0.717) is 0 Å². The average Bonchev–Trinajstić information content (AvgIpc) is 2.98. The first kappa shape index (κ1) is 41.0. The Hall–Kier alpha value is 0. The van der Waals surface area contributed by atoms with Crippen molar-refractivity contribution in [1.82, 2.24) is 0 Å². The lowest BCUT2D eigenvalue weighted by Crippen LogP contribution is -2.01. The van der Waals surface area contributed by atoms with Gasteiger partial charge >= 0.3 is 0 Å². The minimum absolute atomic E-state index is 1.01. The van der Waals surface area contributed by atoms with Crippen molar-refractivity contribution in [3.63, 3.8) is 0 Å². The predicted octanol–water partition coefficient (Wildman–Crippen LogP) is 15.9. The van der Waals surface area contributed by atoms with Gasteiger partial charge in [0.25, 0.3) is 0 Å². The number of rotatable bonds is 37. The summed E-state index contributed by atoms with van der Waals surface area (Å²) in [7, 11) is 0. The van der Waals surface area contributed by atoms with E-state index in [2.05, 4.69) is 20.8 Å². The number of unbranched alkanes of at least 4 members (excludes halogenated alkanes) is 31. The molecule has 0 aliphatic carbocycles. The van der Waals surface area contributed by atoms with E-state index in [4.69, 9.17) is 0 Å². The molecule has 247 valence electrons. The molecule has 0 aromatic heterocycles. The van der Waals surface area contributed by atoms with Gasteiger partial charge in [-0.3, -0.25) is 0 Å². The SMILES string of the molecule is [CH2]CCCCC(CCCCCCCCCCCCC)CCCCCCCCCCCCCCCCCCCCCC. The Morgan fingerprint density at radius 1 is 0.268 bits per heavy atom. The maximum Gasteiger partial charge on any atom is -0.0414 e. The molecule has 0 aromatic rings. The standard InChI is InChI=1S/C41H83/c1-4-7-10-12-14-16-18-19-20-21-22-23-24-25-26-28-30-32-34-37-40-41(38-35-9-6-3)39-36-33-31-29-27-17-15-13-11-8-5-2/h41H,3-40H2,1-2H3. The highest BCUT2D eigenvalue weighted by Crippen LogP contribution is 2.24. The number of hydrogen-bond acceptors (Lipinski definition) is 0. The van der Waals surface area contributed by atoms with Crippen LogP contribution >= 0.6 is 0 Å². The summed E-state index contributed by atoms with van der Waals surface area (Å²) in [6.07, 6.45) is 54.1. The summed E-state index contributed by atoms with van der Waals surface area (Å²) in [5.74, 6) is 1.01. The van der Waals surface area contributed by atoms with Gasteiger partial charge in [-0.05, 0) is 5.92 Å². The van der Waals surface area contributed by atoms with E-state index < -0.39 is 0 Å². The van der Waals surface area contributed by atoms with E-state index in [0.717, 1.165) is 12.3 Å². The third-order valence-corrected chi connectivity index (χ3v) is 9.79. The molecule has 0 N–H and O–H groups in total. The Bertz CT molecular complexity index is 426. The molecule has 0 nitrogen and oxygen atoms in total. The van der Waals surface area contributed by atoms with Crippen molar-refractivity contribution >= 4 is 0 Å². The van der Waals surface area contributed by atoms with Gasteiger partial charge in [-0.25, -0.2) is 0 Å². The lowest BCUT2D eigenvalue weighted by Gasteiger charge is -2.17. The van der Waals surface area contributed by atoms with Gasteiger partial charge < -0.3 is 0 Å². The van der Waals surface area contributed by atoms with Crippen LogP contribution in [0.15, 0.2) is 0 Å². The highest BCUT2D eigenvalue weighted by molar-refractivity contribution is 4.62. The third kappa shape index (κ3) is 36.1. The fraction of sp³-hybridized carbons (Fsp3) is 0.976. The van der Waals surface area contributed by atoms with Crippen LogP contribution in [0, 0.1) is 12.8 Å². The van der Waals surface area contributed by atoms with E-state index >= 15 is 0 Å². The molecular weight excluding hydrogens is 492 g/mol. The highest BCUT2D eigenvalue weighted by atomic mass is 14.1. The van der Waals surface area contributed by atoms with E-state index in [1.165, 1.54) is 231 Å². The molecule has 0 amide bonds. The normalized spacial score (nSPS) is 12.4. The van der Waals surface area contributed by atoms with Crippen LogP contribution < -0.4 is 0 Å². The summed E-state index contributed by atoms with van der Waals surface area (Å²) in [4.78, 5) is 0. The lowest BCUT2D eigenvalue weighted by atomic mass is 9.89. The monoisotopic (exact) mass is 576 g/mol. The van der Waals surface area contributed by atoms with Crippen molar-refractivity contribution in [2.75, 3.05) is 0 Å². The van der Waals surface area contributed by atoms with Gasteiger partial charge in [-0.2, -0.15) is 0 Å². The zero-order chi connectivity index (χ0) is 29.7. The first-order valence-electron chi connectivity index (χ1n) is 20.1. The first-order chi connectivity index (χ1) is 20.3. The van der Waals surface area contributed by atoms with Crippen LogP contribution in [0.1, 0.15) is 251 Å². The molecule has 1 radical (unpaired) electrons. The predicted molar refractivity (Wildman–Crippen MR) is 191 cm³/mol. The van der Waals surface area contributed by atoms with Crippen molar-refractivity contribution in [3.05, 3.63) is 6.92 Å². The molecule has 0 heteroatoms. The van der Waals surface area contributed by atoms with Crippen molar-refractivity contribution in [1.29, 1.82) is 0 Å². The van der Waals surface area contributed by atoms with Crippen LogP contribution in [0.2, 0.25) is 0 Å². The third-order valence-electron chi connectivity index (χ3n) is 9.79. The summed E-state index contributed by atoms with van der Waals surface area (Å²) in [5.41, 5.74) is 0. The van der Waals surface area contributed by atoms with Crippen LogP contribution in [0.3, 0.4) is 0 Å². The maximum atomic E-state index is 4.07. The second-order valence-electron chi connectivity index (χ2n) is 14.0. The van der Waals surface area contributed by atoms with E-state index in [1.807, 2.05) is 0 Å². The molecule has 0 rings (SSSR count). The molecule has 41 heavy (non-hydrogen) atoms. The largest absolute Gasteiger partial charge is 0.0654 e. The highest BCUT2D eigenvalue weighted by Gasteiger charge is 2.08. The average molecular weight is 576 g/mol. The zero-order valence-electron chi connectivity index (χ0n) is 29.4. The summed E-state index contributed by atoms with van der Waals surface area (Å²) < 4.78 is 0. The molecule has 0 saturated carbocycles. The second kappa shape index (κ2) is 38.0. The second-order valence-corrected chi connectivity index (χ2v) is 14.0. The summed E-state index contributed by atoms with van der Waals surface area (Å²) in [6, 6.07) is 0. The van der Waals surface area contributed by atoms with Crippen molar-refractivity contribution in [2.45, 2.75) is 251 Å². The fourth-order valence-corrected chi connectivity index (χ4v) is 6.83. The molecule has 0 bridgehead atoms. The molecular formula is C41H83. The van der Waals surface area contributed by atoms with Gasteiger partial charge in [0.15, 0.2) is 0 Å². The minimum Gasteiger partial charge on any atom is -0.0654 e. The van der Waals surface area contributed by atoms with Crippen molar-refractivity contribution in [3.8, 4) is 0 Å². The summed E-state index contributed by atoms with van der Waals surface area (Å²) in [5, 5.41) is 0. The van der Waals surface area contributed by atoms with Crippen LogP contribution in [0.25, 0.3) is 0 Å². The Kier molecular flexibility index (Phi) is 38.0. The van der Waals surface area contributed by atoms with Crippen molar-refractivity contribution < 1.29 is 0 Å². The Morgan fingerprint density at radius 2 is 0.463 bits per heavy atom. The van der Waals surface area contributed by atoms with Crippen molar-refractivity contribution in [2.24, 2.45) is 5.92 Å². The molecule has 0 heterocycles. The Morgan fingerprint density at radius 3 is 0.683 bits per heavy atom. The quantitative estimate of drug-likeness (QED) is 0.0646. The Labute approximate surface area is 263 Å². The lowest BCUT2D eigenvalue weighted by molar-refractivity contribution is 0.368. The van der Waals surface area contributed by atoms with Gasteiger partial charge in [0.05, 0.1) is 0 Å². The van der Waals surface area contributed by atoms with Gasteiger partial charge in [0.1, 0.15) is 0 Å². The van der Waals surface area contributed by atoms with Gasteiger partial charge in [-0.15, -0.1) is 0 Å². The minimum atomic E-state index is 1.01. The molecule has 1 unspecified atom stereocenters. The number of hydrogen-bond donors (Lipinski definition) is 0. The van der Waals surface area contributed by atoms with Crippen LogP contribution in [0.4, 0.5) is 0 Å². The molecule has 1 atom stereocenters. The van der Waals surface area contributed by atoms with Gasteiger partial charge in [0, 0.05) is 0 Å².